The van der Waals surface area contributed by atoms with Crippen LogP contribution in [0.5, 0.6) is 0 Å². The van der Waals surface area contributed by atoms with Crippen LogP contribution in [-0.2, 0) is 32.1 Å². The molecule has 0 aliphatic rings. The van der Waals surface area contributed by atoms with Gasteiger partial charge >= 0.3 is 23.9 Å². The third kappa shape index (κ3) is 14.9. The van der Waals surface area contributed by atoms with Gasteiger partial charge in [-0.1, -0.05) is 42.5 Å². The monoisotopic (exact) mass is 601 g/mol. The minimum atomic E-state index is -1.14. The molecular formula is C29H39N5O9. The first-order valence-electron chi connectivity index (χ1n) is 13.7. The number of carboxylic acids is 4. The van der Waals surface area contributed by atoms with Crippen molar-refractivity contribution in [3.05, 3.63) is 71.3 Å². The van der Waals surface area contributed by atoms with Crippen LogP contribution in [0.1, 0.15) is 21.5 Å². The van der Waals surface area contributed by atoms with E-state index < -0.39 is 35.8 Å². The highest BCUT2D eigenvalue weighted by Gasteiger charge is 2.21. The molecule has 1 amide bonds. The van der Waals surface area contributed by atoms with Gasteiger partial charge in [-0.3, -0.25) is 29.0 Å². The van der Waals surface area contributed by atoms with Gasteiger partial charge in [-0.2, -0.15) is 0 Å². The van der Waals surface area contributed by atoms with Gasteiger partial charge < -0.3 is 36.4 Å². The van der Waals surface area contributed by atoms with Gasteiger partial charge in [0.25, 0.3) is 5.91 Å². The van der Waals surface area contributed by atoms with E-state index >= 15 is 0 Å². The van der Waals surface area contributed by atoms with Crippen molar-refractivity contribution in [3.8, 4) is 0 Å². The van der Waals surface area contributed by atoms with E-state index in [1.807, 2.05) is 11.0 Å². The molecule has 0 saturated heterocycles. The van der Waals surface area contributed by atoms with Crippen LogP contribution < -0.4 is 16.0 Å². The number of rotatable bonds is 22. The molecule has 234 valence electrons. The maximum absolute atomic E-state index is 12.8. The number of carbonyl (C=O) groups is 5. The number of hydrogen-bond acceptors (Lipinski definition) is 9. The molecular weight excluding hydrogens is 562 g/mol. The molecule has 1 unspecified atom stereocenters. The zero-order chi connectivity index (χ0) is 31.6. The molecule has 14 heteroatoms. The molecule has 43 heavy (non-hydrogen) atoms. The second-order valence-corrected chi connectivity index (χ2v) is 9.84. The Balaban J connectivity index is 2.02. The van der Waals surface area contributed by atoms with Crippen molar-refractivity contribution in [2.24, 2.45) is 0 Å². The highest BCUT2D eigenvalue weighted by molar-refractivity contribution is 5.96. The summed E-state index contributed by atoms with van der Waals surface area (Å²) in [5, 5.41) is 44.7. The predicted octanol–water partition coefficient (Wildman–Crippen LogP) is -0.351. The van der Waals surface area contributed by atoms with E-state index in [1.54, 1.807) is 53.4 Å². The van der Waals surface area contributed by atoms with Crippen molar-refractivity contribution >= 4 is 29.8 Å². The average molecular weight is 602 g/mol. The Bertz CT molecular complexity index is 1190. The van der Waals surface area contributed by atoms with Crippen LogP contribution in [0.15, 0.2) is 54.6 Å². The molecule has 14 nitrogen and oxygen atoms in total. The Morgan fingerprint density at radius 1 is 0.651 bits per heavy atom. The summed E-state index contributed by atoms with van der Waals surface area (Å²) in [6.07, 6.45) is 0.138. The molecule has 0 aliphatic heterocycles. The second-order valence-electron chi connectivity index (χ2n) is 9.84. The molecule has 0 bridgehead atoms. The zero-order valence-electron chi connectivity index (χ0n) is 23.8. The van der Waals surface area contributed by atoms with Crippen LogP contribution >= 0.6 is 0 Å². The van der Waals surface area contributed by atoms with E-state index in [0.717, 1.165) is 11.1 Å². The third-order valence-electron chi connectivity index (χ3n) is 6.36. The Morgan fingerprint density at radius 3 is 1.74 bits per heavy atom. The fraction of sp³-hybridized carbons (Fsp3) is 0.414. The number of hydrogen-bond donors (Lipinski definition) is 7. The van der Waals surface area contributed by atoms with E-state index in [9.17, 15) is 34.2 Å². The second kappa shape index (κ2) is 18.9. The highest BCUT2D eigenvalue weighted by Crippen LogP contribution is 2.10. The molecule has 2 aromatic carbocycles. The normalized spacial score (nSPS) is 11.8. The van der Waals surface area contributed by atoms with Gasteiger partial charge in [-0.25, -0.2) is 4.79 Å². The van der Waals surface area contributed by atoms with Gasteiger partial charge in [0.05, 0.1) is 19.6 Å². The van der Waals surface area contributed by atoms with Crippen LogP contribution in [0.3, 0.4) is 0 Å². The van der Waals surface area contributed by atoms with Crippen molar-refractivity contribution in [1.29, 1.82) is 0 Å². The lowest BCUT2D eigenvalue weighted by Gasteiger charge is -2.27. The van der Waals surface area contributed by atoms with Gasteiger partial charge in [-0.05, 0) is 23.3 Å². The lowest BCUT2D eigenvalue weighted by molar-refractivity contribution is -0.139. The summed E-state index contributed by atoms with van der Waals surface area (Å²) in [6.45, 7) is 1.96. The first kappa shape index (κ1) is 34.8. The molecule has 2 rings (SSSR count). The first-order valence-corrected chi connectivity index (χ1v) is 13.7. The van der Waals surface area contributed by atoms with Crippen LogP contribution in [0.4, 0.5) is 0 Å². The van der Waals surface area contributed by atoms with Gasteiger partial charge in [0.2, 0.25) is 0 Å². The summed E-state index contributed by atoms with van der Waals surface area (Å²) >= 11 is 0. The molecule has 0 spiro atoms. The number of carboxylic acid groups (broad SMARTS) is 4. The minimum absolute atomic E-state index is 0.138. The molecule has 0 aromatic heterocycles. The topological polar surface area (TPSA) is 209 Å². The fourth-order valence-corrected chi connectivity index (χ4v) is 4.19. The fourth-order valence-electron chi connectivity index (χ4n) is 4.19. The molecule has 0 saturated carbocycles. The van der Waals surface area contributed by atoms with Gasteiger partial charge in [-0.15, -0.1) is 0 Å². The van der Waals surface area contributed by atoms with Crippen LogP contribution in [0.25, 0.3) is 0 Å². The molecule has 0 heterocycles. The van der Waals surface area contributed by atoms with Crippen molar-refractivity contribution in [3.63, 3.8) is 0 Å². The summed E-state index contributed by atoms with van der Waals surface area (Å²) in [5.41, 5.74) is 1.91. The number of amides is 1. The number of benzene rings is 2. The van der Waals surface area contributed by atoms with Gasteiger partial charge in [0.15, 0.2) is 0 Å². The van der Waals surface area contributed by atoms with Gasteiger partial charge in [0.1, 0.15) is 6.04 Å². The SMILES string of the molecule is O=C(O)CNCCN(CCN(CCNCC(=O)O)Cc1ccc(C(=O)NC(Cc2ccccc2)C(=O)O)cc1)CC(=O)O. The van der Waals surface area contributed by atoms with Crippen molar-refractivity contribution in [1.82, 2.24) is 25.8 Å². The number of carbonyl (C=O) groups excluding carboxylic acids is 1. The van der Waals surface area contributed by atoms with Gasteiger partial charge in [0, 0.05) is 57.8 Å². The Kier molecular flexibility index (Phi) is 15.3. The number of nitrogens with zero attached hydrogens (tertiary/aromatic N) is 2. The predicted molar refractivity (Wildman–Crippen MR) is 156 cm³/mol. The summed E-state index contributed by atoms with van der Waals surface area (Å²) in [6, 6.07) is 14.6. The summed E-state index contributed by atoms with van der Waals surface area (Å²) in [4.78, 5) is 61.1. The molecule has 0 radical (unpaired) electrons. The highest BCUT2D eigenvalue weighted by atomic mass is 16.4. The molecule has 0 aliphatic carbocycles. The third-order valence-corrected chi connectivity index (χ3v) is 6.36. The largest absolute Gasteiger partial charge is 0.480 e. The zero-order valence-corrected chi connectivity index (χ0v) is 23.8. The standard InChI is InChI=1S/C29H39N5O9/c35-25(36)17-30-10-12-33(14-15-34(20-27(39)40)13-11-31-18-26(37)38)19-22-6-8-23(9-7-22)28(41)32-24(29(42)43)16-21-4-2-1-3-5-21/h1-9,24,30-31H,10-20H2,(H,32,41)(H,35,36)(H,37,38)(H,39,40)(H,42,43). The lowest BCUT2D eigenvalue weighted by Crippen LogP contribution is -2.43. The van der Waals surface area contributed by atoms with Crippen LogP contribution in [-0.4, -0.2) is 125 Å². The average Bonchev–Trinajstić information content (AvgIpc) is 2.95. The van der Waals surface area contributed by atoms with Crippen molar-refractivity contribution in [2.45, 2.75) is 19.0 Å². The van der Waals surface area contributed by atoms with Crippen molar-refractivity contribution in [2.75, 3.05) is 58.9 Å². The maximum Gasteiger partial charge on any atom is 0.326 e. The number of aliphatic carboxylic acids is 4. The Hall–Kier alpha value is -4.37. The Morgan fingerprint density at radius 2 is 1.21 bits per heavy atom. The van der Waals surface area contributed by atoms with Crippen LogP contribution in [0, 0.1) is 0 Å². The number of nitrogens with one attached hydrogen (secondary N) is 3. The maximum atomic E-state index is 12.8. The minimum Gasteiger partial charge on any atom is -0.480 e. The van der Waals surface area contributed by atoms with E-state index in [2.05, 4.69) is 16.0 Å². The smallest absolute Gasteiger partial charge is 0.326 e. The van der Waals surface area contributed by atoms with E-state index in [0.29, 0.717) is 44.8 Å². The summed E-state index contributed by atoms with van der Waals surface area (Å²) in [7, 11) is 0. The van der Waals surface area contributed by atoms with Crippen LogP contribution in [0.2, 0.25) is 0 Å². The Labute approximate surface area is 249 Å². The first-order chi connectivity index (χ1) is 20.5. The molecule has 7 N–H and O–H groups in total. The molecule has 2 aromatic rings. The quantitative estimate of drug-likeness (QED) is 0.0862. The molecule has 1 atom stereocenters. The van der Waals surface area contributed by atoms with E-state index in [1.165, 1.54) is 0 Å². The van der Waals surface area contributed by atoms with Crippen molar-refractivity contribution < 1.29 is 44.4 Å². The van der Waals surface area contributed by atoms with E-state index in [-0.39, 0.29) is 32.6 Å². The summed E-state index contributed by atoms with van der Waals surface area (Å²) in [5.74, 6) is -4.69. The summed E-state index contributed by atoms with van der Waals surface area (Å²) < 4.78 is 0. The lowest BCUT2D eigenvalue weighted by atomic mass is 10.1. The van der Waals surface area contributed by atoms with E-state index in [4.69, 9.17) is 10.2 Å². The molecule has 0 fully saturated rings.